The van der Waals surface area contributed by atoms with Crippen LogP contribution in [0.5, 0.6) is 0 Å². The van der Waals surface area contributed by atoms with Gasteiger partial charge in [-0.15, -0.1) is 11.8 Å². The maximum Gasteiger partial charge on any atom is 0.327 e. The number of benzene rings is 1. The highest BCUT2D eigenvalue weighted by molar-refractivity contribution is 8.00. The Bertz CT molecular complexity index is 578. The Morgan fingerprint density at radius 1 is 1.43 bits per heavy atom. The predicted molar refractivity (Wildman–Crippen MR) is 82.5 cm³/mol. The van der Waals surface area contributed by atoms with Crippen molar-refractivity contribution in [1.29, 1.82) is 0 Å². The average Bonchev–Trinajstić information content (AvgIpc) is 3.10. The number of carbonyl (C=O) groups excluding carboxylic acids is 1. The molecule has 0 aliphatic carbocycles. The number of hydrogen-bond acceptors (Lipinski definition) is 4. The number of amides is 1. The Balaban J connectivity index is 1.89. The molecule has 3 atom stereocenters. The van der Waals surface area contributed by atoms with Crippen molar-refractivity contribution in [2.75, 3.05) is 17.6 Å². The number of carbonyl (C=O) groups is 2. The van der Waals surface area contributed by atoms with Crippen LogP contribution in [0.15, 0.2) is 24.3 Å². The molecule has 5 nitrogen and oxygen atoms in total. The monoisotopic (exact) mass is 306 g/mol. The molecule has 6 heteroatoms. The molecule has 3 unspecified atom stereocenters. The molecular formula is C15H18N2O3S. The van der Waals surface area contributed by atoms with E-state index in [-0.39, 0.29) is 17.2 Å². The minimum absolute atomic E-state index is 0.0358. The number of hydrogen-bond donors (Lipinski definition) is 2. The van der Waals surface area contributed by atoms with E-state index < -0.39 is 12.0 Å². The molecule has 2 N–H and O–H groups in total. The van der Waals surface area contributed by atoms with Gasteiger partial charge >= 0.3 is 5.97 Å². The number of fused-ring (bicyclic) bond motifs is 1. The lowest BCUT2D eigenvalue weighted by atomic mass is 9.99. The smallest absolute Gasteiger partial charge is 0.327 e. The van der Waals surface area contributed by atoms with Crippen molar-refractivity contribution in [3.63, 3.8) is 0 Å². The molecule has 1 aromatic rings. The third-order valence-corrected chi connectivity index (χ3v) is 5.57. The van der Waals surface area contributed by atoms with E-state index in [1.54, 1.807) is 16.7 Å². The fourth-order valence-corrected chi connectivity index (χ4v) is 4.40. The summed E-state index contributed by atoms with van der Waals surface area (Å²) in [6.07, 6.45) is 0.766. The standard InChI is InChI=1S/C15H18N2O3S/c1-2-13-17(12(8-21-13)15(19)20)14(18)10-7-16-11-6-4-3-5-9(10)11/h3-6,10,12-13,16H,2,7-8H2,1H3,(H,19,20). The summed E-state index contributed by atoms with van der Waals surface area (Å²) in [5.41, 5.74) is 1.95. The van der Waals surface area contributed by atoms with Crippen LogP contribution in [0.25, 0.3) is 0 Å². The summed E-state index contributed by atoms with van der Waals surface area (Å²) in [5, 5.41) is 12.6. The van der Waals surface area contributed by atoms with Crippen LogP contribution in [0.3, 0.4) is 0 Å². The van der Waals surface area contributed by atoms with Crippen molar-refractivity contribution in [1.82, 2.24) is 4.90 Å². The zero-order chi connectivity index (χ0) is 15.0. The van der Waals surface area contributed by atoms with E-state index in [1.807, 2.05) is 31.2 Å². The van der Waals surface area contributed by atoms with Crippen LogP contribution in [-0.4, -0.2) is 45.6 Å². The molecule has 1 saturated heterocycles. The van der Waals surface area contributed by atoms with Gasteiger partial charge in [-0.05, 0) is 18.1 Å². The summed E-state index contributed by atoms with van der Waals surface area (Å²) in [6, 6.07) is 7.03. The highest BCUT2D eigenvalue weighted by atomic mass is 32.2. The summed E-state index contributed by atoms with van der Waals surface area (Å²) >= 11 is 1.56. The molecular weight excluding hydrogens is 288 g/mol. The third-order valence-electron chi connectivity index (χ3n) is 4.11. The van der Waals surface area contributed by atoms with Crippen LogP contribution in [0.1, 0.15) is 24.8 Å². The molecule has 1 aromatic carbocycles. The first kappa shape index (κ1) is 14.3. The minimum Gasteiger partial charge on any atom is -0.480 e. The van der Waals surface area contributed by atoms with E-state index in [9.17, 15) is 14.7 Å². The largest absolute Gasteiger partial charge is 0.480 e. The lowest BCUT2D eigenvalue weighted by Crippen LogP contribution is -2.47. The molecule has 112 valence electrons. The van der Waals surface area contributed by atoms with Gasteiger partial charge in [-0.2, -0.15) is 0 Å². The summed E-state index contributed by atoms with van der Waals surface area (Å²) in [6.45, 7) is 2.53. The van der Waals surface area contributed by atoms with Gasteiger partial charge in [0.25, 0.3) is 0 Å². The highest BCUT2D eigenvalue weighted by Crippen LogP contribution is 2.38. The van der Waals surface area contributed by atoms with Crippen molar-refractivity contribution in [3.8, 4) is 0 Å². The lowest BCUT2D eigenvalue weighted by molar-refractivity contribution is -0.149. The van der Waals surface area contributed by atoms with Gasteiger partial charge in [0.05, 0.1) is 11.3 Å². The van der Waals surface area contributed by atoms with Crippen LogP contribution < -0.4 is 5.32 Å². The molecule has 1 fully saturated rings. The number of rotatable bonds is 3. The van der Waals surface area contributed by atoms with Crippen LogP contribution in [0.2, 0.25) is 0 Å². The Hall–Kier alpha value is -1.69. The second kappa shape index (κ2) is 5.60. The van der Waals surface area contributed by atoms with Gasteiger partial charge in [0.1, 0.15) is 6.04 Å². The van der Waals surface area contributed by atoms with Gasteiger partial charge in [-0.3, -0.25) is 4.79 Å². The molecule has 0 radical (unpaired) electrons. The lowest BCUT2D eigenvalue weighted by Gasteiger charge is -2.29. The van der Waals surface area contributed by atoms with Crippen LogP contribution >= 0.6 is 11.8 Å². The highest BCUT2D eigenvalue weighted by Gasteiger charge is 2.44. The van der Waals surface area contributed by atoms with Gasteiger partial charge in [0.2, 0.25) is 5.91 Å². The minimum atomic E-state index is -0.911. The topological polar surface area (TPSA) is 69.6 Å². The first-order valence-electron chi connectivity index (χ1n) is 7.13. The van der Waals surface area contributed by atoms with E-state index >= 15 is 0 Å². The number of anilines is 1. The van der Waals surface area contributed by atoms with Crippen molar-refractivity contribution in [2.24, 2.45) is 0 Å². The first-order chi connectivity index (χ1) is 10.1. The fraction of sp³-hybridized carbons (Fsp3) is 0.467. The molecule has 0 spiro atoms. The van der Waals surface area contributed by atoms with Crippen molar-refractivity contribution >= 4 is 29.3 Å². The number of para-hydroxylation sites is 1. The molecule has 2 aliphatic heterocycles. The van der Waals surface area contributed by atoms with Crippen molar-refractivity contribution < 1.29 is 14.7 Å². The zero-order valence-electron chi connectivity index (χ0n) is 11.8. The van der Waals surface area contributed by atoms with Gasteiger partial charge in [0.15, 0.2) is 0 Å². The SMILES string of the molecule is CCC1SCC(C(=O)O)N1C(=O)C1CNc2ccccc21. The molecule has 2 aliphatic rings. The van der Waals surface area contributed by atoms with Crippen LogP contribution in [0.4, 0.5) is 5.69 Å². The molecule has 3 rings (SSSR count). The Labute approximate surface area is 127 Å². The first-order valence-corrected chi connectivity index (χ1v) is 8.17. The van der Waals surface area contributed by atoms with Crippen LogP contribution in [-0.2, 0) is 9.59 Å². The maximum atomic E-state index is 12.9. The Morgan fingerprint density at radius 2 is 2.19 bits per heavy atom. The van der Waals surface area contributed by atoms with E-state index in [1.165, 1.54) is 0 Å². The second-order valence-corrected chi connectivity index (χ2v) is 6.53. The van der Waals surface area contributed by atoms with E-state index in [4.69, 9.17) is 0 Å². The van der Waals surface area contributed by atoms with Gasteiger partial charge in [-0.25, -0.2) is 4.79 Å². The van der Waals surface area contributed by atoms with Gasteiger partial charge in [0, 0.05) is 18.0 Å². The quantitative estimate of drug-likeness (QED) is 0.893. The summed E-state index contributed by atoms with van der Waals surface area (Å²) in [5.74, 6) is -0.792. The number of thioether (sulfide) groups is 1. The van der Waals surface area contributed by atoms with Crippen molar-refractivity contribution in [3.05, 3.63) is 29.8 Å². The van der Waals surface area contributed by atoms with Gasteiger partial charge in [-0.1, -0.05) is 25.1 Å². The van der Waals surface area contributed by atoms with E-state index in [2.05, 4.69) is 5.32 Å². The number of aliphatic carboxylic acids is 1. The number of nitrogens with zero attached hydrogens (tertiary/aromatic N) is 1. The average molecular weight is 306 g/mol. The zero-order valence-corrected chi connectivity index (χ0v) is 12.6. The summed E-state index contributed by atoms with van der Waals surface area (Å²) in [7, 11) is 0. The molecule has 1 amide bonds. The molecule has 2 heterocycles. The van der Waals surface area contributed by atoms with Gasteiger partial charge < -0.3 is 15.3 Å². The Kier molecular flexibility index (Phi) is 3.80. The van der Waals surface area contributed by atoms with E-state index in [0.29, 0.717) is 12.3 Å². The third kappa shape index (κ3) is 2.37. The number of nitrogens with one attached hydrogen (secondary N) is 1. The summed E-state index contributed by atoms with van der Waals surface area (Å²) in [4.78, 5) is 25.9. The molecule has 21 heavy (non-hydrogen) atoms. The fourth-order valence-electron chi connectivity index (χ4n) is 3.05. The Morgan fingerprint density at radius 3 is 2.90 bits per heavy atom. The normalized spacial score (nSPS) is 27.3. The molecule has 0 saturated carbocycles. The molecule has 0 aromatic heterocycles. The van der Waals surface area contributed by atoms with E-state index in [0.717, 1.165) is 17.7 Å². The number of carboxylic acid groups (broad SMARTS) is 1. The number of carboxylic acids is 1. The summed E-state index contributed by atoms with van der Waals surface area (Å²) < 4.78 is 0. The van der Waals surface area contributed by atoms with Crippen molar-refractivity contribution in [2.45, 2.75) is 30.7 Å². The maximum absolute atomic E-state index is 12.9. The van der Waals surface area contributed by atoms with Crippen LogP contribution in [0, 0.1) is 0 Å². The predicted octanol–water partition coefficient (Wildman–Crippen LogP) is 1.96. The molecule has 0 bridgehead atoms. The second-order valence-electron chi connectivity index (χ2n) is 5.32.